The Morgan fingerprint density at radius 3 is 2.57 bits per heavy atom. The van der Waals surface area contributed by atoms with Crippen molar-refractivity contribution in [1.82, 2.24) is 0 Å². The van der Waals surface area contributed by atoms with E-state index >= 15 is 0 Å². The van der Waals surface area contributed by atoms with Crippen LogP contribution in [-0.4, -0.2) is 15.5 Å². The first kappa shape index (κ1) is 15.7. The van der Waals surface area contributed by atoms with Crippen LogP contribution in [0.4, 0.5) is 5.69 Å². The van der Waals surface area contributed by atoms with Gasteiger partial charge in [-0.25, -0.2) is 8.42 Å². The summed E-state index contributed by atoms with van der Waals surface area (Å²) in [5, 5.41) is 0.333. The van der Waals surface area contributed by atoms with Gasteiger partial charge in [-0.15, -0.1) is 0 Å². The van der Waals surface area contributed by atoms with Crippen molar-refractivity contribution in [3.8, 4) is 5.75 Å². The van der Waals surface area contributed by atoms with Gasteiger partial charge in [-0.1, -0.05) is 36.7 Å². The fourth-order valence-corrected chi connectivity index (χ4v) is 3.52. The Morgan fingerprint density at radius 2 is 1.90 bits per heavy atom. The number of rotatable bonds is 5. The second-order valence-corrected chi connectivity index (χ2v) is 6.50. The second-order valence-electron chi connectivity index (χ2n) is 4.41. The molecule has 0 fully saturated rings. The van der Waals surface area contributed by atoms with E-state index in [1.807, 2.05) is 19.1 Å². The van der Waals surface area contributed by atoms with Gasteiger partial charge >= 0.3 is 0 Å². The SMILES string of the molecule is CCc1ccccc1NS(=O)(=O)c1cc(Cl)ccc1OC. The van der Waals surface area contributed by atoms with Crippen LogP contribution in [0.5, 0.6) is 5.75 Å². The van der Waals surface area contributed by atoms with Gasteiger partial charge in [0.1, 0.15) is 10.6 Å². The molecule has 4 nitrogen and oxygen atoms in total. The Labute approximate surface area is 129 Å². The van der Waals surface area contributed by atoms with Gasteiger partial charge in [-0.05, 0) is 36.2 Å². The third-order valence-electron chi connectivity index (χ3n) is 3.06. The average molecular weight is 326 g/mol. The Balaban J connectivity index is 2.46. The van der Waals surface area contributed by atoms with Crippen molar-refractivity contribution in [2.45, 2.75) is 18.2 Å². The van der Waals surface area contributed by atoms with Crippen molar-refractivity contribution >= 4 is 27.3 Å². The number of nitrogens with one attached hydrogen (secondary N) is 1. The van der Waals surface area contributed by atoms with E-state index in [0.717, 1.165) is 12.0 Å². The number of hydrogen-bond acceptors (Lipinski definition) is 3. The van der Waals surface area contributed by atoms with Gasteiger partial charge in [-0.2, -0.15) is 0 Å². The molecule has 21 heavy (non-hydrogen) atoms. The van der Waals surface area contributed by atoms with Crippen LogP contribution in [0, 0.1) is 0 Å². The molecule has 0 bridgehead atoms. The summed E-state index contributed by atoms with van der Waals surface area (Å²) in [7, 11) is -2.35. The summed E-state index contributed by atoms with van der Waals surface area (Å²) in [6.45, 7) is 1.97. The Hall–Kier alpha value is -1.72. The summed E-state index contributed by atoms with van der Waals surface area (Å²) in [6.07, 6.45) is 0.728. The highest BCUT2D eigenvalue weighted by Crippen LogP contribution is 2.29. The van der Waals surface area contributed by atoms with Gasteiger partial charge < -0.3 is 4.74 Å². The molecule has 2 aromatic carbocycles. The number of ether oxygens (including phenoxy) is 1. The lowest BCUT2D eigenvalue weighted by Crippen LogP contribution is -2.15. The molecule has 0 aliphatic rings. The van der Waals surface area contributed by atoms with Crippen LogP contribution >= 0.6 is 11.6 Å². The first-order chi connectivity index (χ1) is 9.97. The molecule has 2 rings (SSSR count). The number of sulfonamides is 1. The van der Waals surface area contributed by atoms with Crippen molar-refractivity contribution in [3.63, 3.8) is 0 Å². The minimum atomic E-state index is -3.77. The maximum Gasteiger partial charge on any atom is 0.265 e. The van der Waals surface area contributed by atoms with Gasteiger partial charge in [0.05, 0.1) is 12.8 Å². The minimum absolute atomic E-state index is 0.0170. The molecule has 0 aliphatic carbocycles. The Kier molecular flexibility index (Phi) is 4.75. The molecule has 0 radical (unpaired) electrons. The zero-order valence-electron chi connectivity index (χ0n) is 11.8. The monoisotopic (exact) mass is 325 g/mol. The average Bonchev–Trinajstić information content (AvgIpc) is 2.47. The molecule has 112 valence electrons. The third-order valence-corrected chi connectivity index (χ3v) is 4.68. The summed E-state index contributed by atoms with van der Waals surface area (Å²) in [6, 6.07) is 11.8. The van der Waals surface area contributed by atoms with Gasteiger partial charge in [-0.3, -0.25) is 4.72 Å². The molecule has 0 saturated heterocycles. The van der Waals surface area contributed by atoms with Crippen molar-refractivity contribution in [1.29, 1.82) is 0 Å². The van der Waals surface area contributed by atoms with E-state index in [-0.39, 0.29) is 10.6 Å². The molecule has 0 spiro atoms. The zero-order chi connectivity index (χ0) is 15.5. The van der Waals surface area contributed by atoms with E-state index in [1.165, 1.54) is 19.2 Å². The molecule has 0 aliphatic heterocycles. The number of aryl methyl sites for hydroxylation is 1. The van der Waals surface area contributed by atoms with E-state index < -0.39 is 10.0 Å². The van der Waals surface area contributed by atoms with Crippen LogP contribution in [0.2, 0.25) is 5.02 Å². The predicted octanol–water partition coefficient (Wildman–Crippen LogP) is 3.71. The second kappa shape index (κ2) is 6.37. The zero-order valence-corrected chi connectivity index (χ0v) is 13.3. The molecule has 0 heterocycles. The minimum Gasteiger partial charge on any atom is -0.495 e. The van der Waals surface area contributed by atoms with Gasteiger partial charge in [0, 0.05) is 5.02 Å². The molecule has 6 heteroatoms. The Bertz CT molecular complexity index is 744. The molecular formula is C15H16ClNO3S. The standard InChI is InChI=1S/C15H16ClNO3S/c1-3-11-6-4-5-7-13(11)17-21(18,19)15-10-12(16)8-9-14(15)20-2/h4-10,17H,3H2,1-2H3. The maximum atomic E-state index is 12.6. The number of benzene rings is 2. The van der Waals surface area contributed by atoms with E-state index in [4.69, 9.17) is 16.3 Å². The van der Waals surface area contributed by atoms with Crippen LogP contribution in [0.1, 0.15) is 12.5 Å². The van der Waals surface area contributed by atoms with E-state index in [0.29, 0.717) is 10.7 Å². The largest absolute Gasteiger partial charge is 0.495 e. The first-order valence-electron chi connectivity index (χ1n) is 6.42. The number of hydrogen-bond donors (Lipinski definition) is 1. The lowest BCUT2D eigenvalue weighted by Gasteiger charge is -2.14. The van der Waals surface area contributed by atoms with Gasteiger partial charge in [0.15, 0.2) is 0 Å². The topological polar surface area (TPSA) is 55.4 Å². The molecule has 0 unspecified atom stereocenters. The van der Waals surface area contributed by atoms with Gasteiger partial charge in [0.2, 0.25) is 0 Å². The summed E-state index contributed by atoms with van der Waals surface area (Å²) >= 11 is 5.89. The van der Waals surface area contributed by atoms with Crippen molar-refractivity contribution in [2.75, 3.05) is 11.8 Å². The van der Waals surface area contributed by atoms with Crippen molar-refractivity contribution in [3.05, 3.63) is 53.1 Å². The number of methoxy groups -OCH3 is 1. The Morgan fingerprint density at radius 1 is 1.19 bits per heavy atom. The number of halogens is 1. The molecule has 0 amide bonds. The van der Waals surface area contributed by atoms with Crippen LogP contribution < -0.4 is 9.46 Å². The summed E-state index contributed by atoms with van der Waals surface area (Å²) in [5.74, 6) is 0.251. The van der Waals surface area contributed by atoms with E-state index in [2.05, 4.69) is 4.72 Å². The molecule has 2 aromatic rings. The predicted molar refractivity (Wildman–Crippen MR) is 84.6 cm³/mol. The molecule has 0 aromatic heterocycles. The van der Waals surface area contributed by atoms with Crippen molar-refractivity contribution < 1.29 is 13.2 Å². The van der Waals surface area contributed by atoms with Crippen LogP contribution in [0.25, 0.3) is 0 Å². The molecule has 1 N–H and O–H groups in total. The normalized spacial score (nSPS) is 11.2. The fourth-order valence-electron chi connectivity index (χ4n) is 1.99. The van der Waals surface area contributed by atoms with Crippen molar-refractivity contribution in [2.24, 2.45) is 0 Å². The molecule has 0 atom stereocenters. The van der Waals surface area contributed by atoms with Gasteiger partial charge in [0.25, 0.3) is 10.0 Å². The highest BCUT2D eigenvalue weighted by atomic mass is 35.5. The summed E-state index contributed by atoms with van der Waals surface area (Å²) in [5.41, 5.74) is 1.48. The quantitative estimate of drug-likeness (QED) is 0.911. The summed E-state index contributed by atoms with van der Waals surface area (Å²) < 4.78 is 32.8. The van der Waals surface area contributed by atoms with E-state index in [1.54, 1.807) is 18.2 Å². The molecule has 0 saturated carbocycles. The molecular weight excluding hydrogens is 310 g/mol. The number of para-hydroxylation sites is 1. The smallest absolute Gasteiger partial charge is 0.265 e. The lowest BCUT2D eigenvalue weighted by atomic mass is 10.1. The third kappa shape index (κ3) is 3.49. The van der Waals surface area contributed by atoms with Crippen LogP contribution in [0.3, 0.4) is 0 Å². The maximum absolute atomic E-state index is 12.6. The first-order valence-corrected chi connectivity index (χ1v) is 8.28. The summed E-state index contributed by atoms with van der Waals surface area (Å²) in [4.78, 5) is 0.0170. The lowest BCUT2D eigenvalue weighted by molar-refractivity contribution is 0.403. The fraction of sp³-hybridized carbons (Fsp3) is 0.200. The number of anilines is 1. The van der Waals surface area contributed by atoms with Crippen LogP contribution in [-0.2, 0) is 16.4 Å². The highest BCUT2D eigenvalue weighted by molar-refractivity contribution is 7.92. The van der Waals surface area contributed by atoms with Crippen LogP contribution in [0.15, 0.2) is 47.4 Å². The van der Waals surface area contributed by atoms with E-state index in [9.17, 15) is 8.42 Å². The highest BCUT2D eigenvalue weighted by Gasteiger charge is 2.21.